The number of aromatic nitrogens is 1. The first-order valence-corrected chi connectivity index (χ1v) is 9.34. The molecule has 1 aromatic heterocycles. The molecule has 1 unspecified atom stereocenters. The first-order chi connectivity index (χ1) is 12.1. The van der Waals surface area contributed by atoms with E-state index < -0.39 is 0 Å². The summed E-state index contributed by atoms with van der Waals surface area (Å²) in [6.45, 7) is 9.85. The van der Waals surface area contributed by atoms with Crippen LogP contribution in [0.2, 0.25) is 0 Å². The number of hydrogen-bond donors (Lipinski definition) is 1. The fraction of sp³-hybridized carbons (Fsp3) is 0.476. The maximum absolute atomic E-state index is 13.2. The second kappa shape index (κ2) is 9.24. The lowest BCUT2D eigenvalue weighted by Crippen LogP contribution is -2.42. The number of nitrogens with zero attached hydrogens (tertiary/aromatic N) is 2. The highest BCUT2D eigenvalue weighted by atomic mass is 35.5. The number of rotatable bonds is 6. The quantitative estimate of drug-likeness (QED) is 0.834. The summed E-state index contributed by atoms with van der Waals surface area (Å²) in [5.41, 5.74) is 4.33. The zero-order valence-electron chi connectivity index (χ0n) is 16.0. The second-order valence-corrected chi connectivity index (χ2v) is 7.00. The Labute approximate surface area is 163 Å². The average molecular weight is 376 g/mol. The van der Waals surface area contributed by atoms with E-state index in [1.165, 1.54) is 5.56 Å². The van der Waals surface area contributed by atoms with Crippen molar-refractivity contribution in [3.63, 3.8) is 0 Å². The lowest BCUT2D eigenvalue weighted by Gasteiger charge is -2.28. The smallest absolute Gasteiger partial charge is 0.255 e. The molecular weight excluding hydrogens is 346 g/mol. The SMILES string of the molecule is CCCN(C(=O)c1cc(C)n(Cc2ccccc2)c1C)C1CCNC1.Cl. The lowest BCUT2D eigenvalue weighted by molar-refractivity contribution is 0.0691. The van der Waals surface area contributed by atoms with E-state index in [0.29, 0.717) is 6.04 Å². The van der Waals surface area contributed by atoms with E-state index in [1.54, 1.807) is 0 Å². The highest BCUT2D eigenvalue weighted by Crippen LogP contribution is 2.21. The molecule has 1 atom stereocenters. The van der Waals surface area contributed by atoms with Crippen LogP contribution in [0.15, 0.2) is 36.4 Å². The molecular formula is C21H30ClN3O. The number of hydrogen-bond acceptors (Lipinski definition) is 2. The molecule has 142 valence electrons. The molecule has 2 heterocycles. The molecule has 0 radical (unpaired) electrons. The Balaban J connectivity index is 0.00000243. The van der Waals surface area contributed by atoms with Crippen molar-refractivity contribution in [1.82, 2.24) is 14.8 Å². The molecule has 0 saturated carbocycles. The minimum Gasteiger partial charge on any atom is -0.344 e. The lowest BCUT2D eigenvalue weighted by atomic mass is 10.1. The Bertz CT molecular complexity index is 720. The van der Waals surface area contributed by atoms with E-state index in [4.69, 9.17) is 0 Å². The normalized spacial score (nSPS) is 16.3. The molecule has 4 nitrogen and oxygen atoms in total. The van der Waals surface area contributed by atoms with Gasteiger partial charge in [-0.05, 0) is 44.9 Å². The van der Waals surface area contributed by atoms with Gasteiger partial charge < -0.3 is 14.8 Å². The molecule has 0 spiro atoms. The van der Waals surface area contributed by atoms with Gasteiger partial charge in [0.15, 0.2) is 0 Å². The summed E-state index contributed by atoms with van der Waals surface area (Å²) in [4.78, 5) is 15.3. The third kappa shape index (κ3) is 4.30. The van der Waals surface area contributed by atoms with Crippen LogP contribution in [0.1, 0.15) is 47.1 Å². The molecule has 1 aliphatic heterocycles. The summed E-state index contributed by atoms with van der Waals surface area (Å²) in [7, 11) is 0. The highest BCUT2D eigenvalue weighted by molar-refractivity contribution is 5.96. The van der Waals surface area contributed by atoms with Gasteiger partial charge in [0.25, 0.3) is 5.91 Å². The molecule has 2 aromatic rings. The van der Waals surface area contributed by atoms with E-state index in [1.807, 2.05) is 6.07 Å². The van der Waals surface area contributed by atoms with Crippen molar-refractivity contribution in [2.24, 2.45) is 0 Å². The van der Waals surface area contributed by atoms with Crippen molar-refractivity contribution < 1.29 is 4.79 Å². The predicted molar refractivity (Wildman–Crippen MR) is 109 cm³/mol. The molecule has 1 saturated heterocycles. The zero-order chi connectivity index (χ0) is 17.8. The van der Waals surface area contributed by atoms with E-state index in [2.05, 4.69) is 65.9 Å². The van der Waals surface area contributed by atoms with E-state index in [0.717, 1.165) is 56.0 Å². The first kappa shape index (κ1) is 20.5. The molecule has 1 fully saturated rings. The van der Waals surface area contributed by atoms with Gasteiger partial charge in [0, 0.05) is 37.1 Å². The molecule has 1 N–H and O–H groups in total. The zero-order valence-corrected chi connectivity index (χ0v) is 16.8. The maximum atomic E-state index is 13.2. The molecule has 3 rings (SSSR count). The highest BCUT2D eigenvalue weighted by Gasteiger charge is 2.28. The summed E-state index contributed by atoms with van der Waals surface area (Å²) in [6, 6.07) is 12.8. The van der Waals surface area contributed by atoms with Gasteiger partial charge in [-0.1, -0.05) is 37.3 Å². The van der Waals surface area contributed by atoms with Gasteiger partial charge >= 0.3 is 0 Å². The van der Waals surface area contributed by atoms with Crippen molar-refractivity contribution in [1.29, 1.82) is 0 Å². The maximum Gasteiger partial charge on any atom is 0.255 e. The van der Waals surface area contributed by atoms with E-state index in [-0.39, 0.29) is 18.3 Å². The van der Waals surface area contributed by atoms with Gasteiger partial charge in [-0.2, -0.15) is 0 Å². The van der Waals surface area contributed by atoms with Crippen LogP contribution in [-0.4, -0.2) is 41.1 Å². The average Bonchev–Trinajstić information content (AvgIpc) is 3.24. The van der Waals surface area contributed by atoms with Crippen molar-refractivity contribution in [2.45, 2.75) is 46.2 Å². The van der Waals surface area contributed by atoms with Crippen LogP contribution >= 0.6 is 12.4 Å². The second-order valence-electron chi connectivity index (χ2n) is 7.00. The third-order valence-electron chi connectivity index (χ3n) is 5.19. The van der Waals surface area contributed by atoms with Crippen LogP contribution in [-0.2, 0) is 6.54 Å². The van der Waals surface area contributed by atoms with Crippen LogP contribution in [0, 0.1) is 13.8 Å². The number of carbonyl (C=O) groups excluding carboxylic acids is 1. The Kier molecular flexibility index (Phi) is 7.30. The van der Waals surface area contributed by atoms with Gasteiger partial charge in [-0.15, -0.1) is 12.4 Å². The van der Waals surface area contributed by atoms with Gasteiger partial charge in [0.05, 0.1) is 5.56 Å². The summed E-state index contributed by atoms with van der Waals surface area (Å²) in [5, 5.41) is 3.38. The Morgan fingerprint density at radius 1 is 1.27 bits per heavy atom. The number of carbonyl (C=O) groups is 1. The number of benzene rings is 1. The van der Waals surface area contributed by atoms with Crippen molar-refractivity contribution >= 4 is 18.3 Å². The van der Waals surface area contributed by atoms with Crippen molar-refractivity contribution in [2.75, 3.05) is 19.6 Å². The summed E-state index contributed by atoms with van der Waals surface area (Å²) < 4.78 is 2.25. The van der Waals surface area contributed by atoms with Gasteiger partial charge in [-0.25, -0.2) is 0 Å². The molecule has 0 bridgehead atoms. The minimum absolute atomic E-state index is 0. The van der Waals surface area contributed by atoms with Gasteiger partial charge in [-0.3, -0.25) is 4.79 Å². The monoisotopic (exact) mass is 375 g/mol. The number of nitrogens with one attached hydrogen (secondary N) is 1. The Morgan fingerprint density at radius 3 is 2.62 bits per heavy atom. The molecule has 1 aliphatic rings. The van der Waals surface area contributed by atoms with E-state index in [9.17, 15) is 4.79 Å². The van der Waals surface area contributed by atoms with Crippen LogP contribution in [0.5, 0.6) is 0 Å². The first-order valence-electron chi connectivity index (χ1n) is 9.34. The number of amides is 1. The molecule has 5 heteroatoms. The minimum atomic E-state index is 0. The molecule has 1 amide bonds. The fourth-order valence-corrected chi connectivity index (χ4v) is 3.78. The Hall–Kier alpha value is -1.78. The summed E-state index contributed by atoms with van der Waals surface area (Å²) >= 11 is 0. The largest absolute Gasteiger partial charge is 0.344 e. The standard InChI is InChI=1S/C21H29N3O.ClH/c1-4-12-23(19-10-11-22-14-19)21(25)20-13-16(2)24(17(20)3)15-18-8-6-5-7-9-18;/h5-9,13,19,22H,4,10-12,14-15H2,1-3H3;1H. The summed E-state index contributed by atoms with van der Waals surface area (Å²) in [5.74, 6) is 0.183. The van der Waals surface area contributed by atoms with Crippen LogP contribution in [0.4, 0.5) is 0 Å². The van der Waals surface area contributed by atoms with Gasteiger partial charge in [0.2, 0.25) is 0 Å². The van der Waals surface area contributed by atoms with Crippen LogP contribution in [0.25, 0.3) is 0 Å². The van der Waals surface area contributed by atoms with Gasteiger partial charge in [0.1, 0.15) is 0 Å². The van der Waals surface area contributed by atoms with Crippen molar-refractivity contribution in [3.05, 3.63) is 58.9 Å². The summed E-state index contributed by atoms with van der Waals surface area (Å²) in [6.07, 6.45) is 2.04. The Morgan fingerprint density at radius 2 is 2.00 bits per heavy atom. The predicted octanol–water partition coefficient (Wildman–Crippen LogP) is 3.79. The van der Waals surface area contributed by atoms with Crippen LogP contribution < -0.4 is 5.32 Å². The number of halogens is 1. The fourth-order valence-electron chi connectivity index (χ4n) is 3.78. The van der Waals surface area contributed by atoms with Crippen molar-refractivity contribution in [3.8, 4) is 0 Å². The van der Waals surface area contributed by atoms with E-state index >= 15 is 0 Å². The molecule has 26 heavy (non-hydrogen) atoms. The third-order valence-corrected chi connectivity index (χ3v) is 5.19. The van der Waals surface area contributed by atoms with Crippen LogP contribution in [0.3, 0.4) is 0 Å². The topological polar surface area (TPSA) is 37.3 Å². The molecule has 0 aliphatic carbocycles. The number of aryl methyl sites for hydroxylation is 1. The molecule has 1 aromatic carbocycles.